The van der Waals surface area contributed by atoms with Crippen LogP contribution in [0.2, 0.25) is 0 Å². The lowest BCUT2D eigenvalue weighted by atomic mass is 10.2. The van der Waals surface area contributed by atoms with Gasteiger partial charge in [-0.3, -0.25) is 9.59 Å². The SMILES string of the molecule is O=C(Cc1nc(Sc2ccccc2)cs1)C(=O)c1nn[nH]n1. The monoisotopic (exact) mass is 331 g/mol. The molecule has 1 aromatic carbocycles. The molecule has 7 nitrogen and oxygen atoms in total. The molecule has 0 unspecified atom stereocenters. The van der Waals surface area contributed by atoms with E-state index in [2.05, 4.69) is 25.6 Å². The summed E-state index contributed by atoms with van der Waals surface area (Å²) >= 11 is 2.85. The summed E-state index contributed by atoms with van der Waals surface area (Å²) in [5.74, 6) is -1.59. The Bertz CT molecular complexity index is 786. The minimum absolute atomic E-state index is 0.0621. The van der Waals surface area contributed by atoms with Gasteiger partial charge in [0.25, 0.3) is 5.78 Å². The fourth-order valence-electron chi connectivity index (χ4n) is 1.63. The van der Waals surface area contributed by atoms with Gasteiger partial charge in [0.15, 0.2) is 0 Å². The van der Waals surface area contributed by atoms with Gasteiger partial charge in [-0.25, -0.2) is 4.98 Å². The summed E-state index contributed by atoms with van der Waals surface area (Å²) in [5.41, 5.74) is 0. The first-order chi connectivity index (χ1) is 10.7. The van der Waals surface area contributed by atoms with Crippen LogP contribution < -0.4 is 0 Å². The third-order valence-corrected chi connectivity index (χ3v) is 4.53. The zero-order valence-corrected chi connectivity index (χ0v) is 12.7. The second-order valence-corrected chi connectivity index (χ2v) is 6.20. The Morgan fingerprint density at radius 1 is 1.23 bits per heavy atom. The number of rotatable bonds is 6. The number of H-pyrrole nitrogens is 1. The molecule has 3 rings (SSSR count). The third kappa shape index (κ3) is 3.43. The minimum atomic E-state index is -0.763. The summed E-state index contributed by atoms with van der Waals surface area (Å²) < 4.78 is 0. The lowest BCUT2D eigenvalue weighted by Crippen LogP contribution is -2.18. The fourth-order valence-corrected chi connectivity index (χ4v) is 3.37. The highest BCUT2D eigenvalue weighted by atomic mass is 32.2. The normalized spacial score (nSPS) is 10.5. The molecule has 0 spiro atoms. The quantitative estimate of drug-likeness (QED) is 0.543. The molecule has 0 aliphatic carbocycles. The van der Waals surface area contributed by atoms with E-state index >= 15 is 0 Å². The van der Waals surface area contributed by atoms with E-state index in [1.807, 2.05) is 35.7 Å². The van der Waals surface area contributed by atoms with E-state index in [1.54, 1.807) is 0 Å². The summed E-state index contributed by atoms with van der Waals surface area (Å²) in [6, 6.07) is 9.80. The number of thiazole rings is 1. The van der Waals surface area contributed by atoms with Crippen LogP contribution in [0.25, 0.3) is 0 Å². The van der Waals surface area contributed by atoms with Crippen molar-refractivity contribution < 1.29 is 9.59 Å². The van der Waals surface area contributed by atoms with Crippen LogP contribution in [0.5, 0.6) is 0 Å². The van der Waals surface area contributed by atoms with Crippen molar-refractivity contribution >= 4 is 34.7 Å². The van der Waals surface area contributed by atoms with Crippen LogP contribution in [0, 0.1) is 0 Å². The first-order valence-electron chi connectivity index (χ1n) is 6.20. The summed E-state index contributed by atoms with van der Waals surface area (Å²) in [5, 5.41) is 15.6. The molecule has 110 valence electrons. The number of tetrazole rings is 1. The number of ketones is 2. The molecule has 1 N–H and O–H groups in total. The Morgan fingerprint density at radius 2 is 2.05 bits per heavy atom. The standard InChI is InChI=1S/C13H9N5O2S2/c19-9(12(20)13-15-17-18-16-13)6-10-14-11(7-21-10)22-8-4-2-1-3-5-8/h1-5,7H,6H2,(H,15,16,17,18). The molecule has 9 heteroatoms. The molecule has 0 aliphatic heterocycles. The smallest absolute Gasteiger partial charge is 0.269 e. The van der Waals surface area contributed by atoms with Crippen molar-refractivity contribution in [3.63, 3.8) is 0 Å². The predicted molar refractivity (Wildman–Crippen MR) is 79.9 cm³/mol. The molecule has 0 aliphatic rings. The predicted octanol–water partition coefficient (Wildman–Crippen LogP) is 1.80. The van der Waals surface area contributed by atoms with Gasteiger partial charge in [0.1, 0.15) is 10.0 Å². The number of carbonyl (C=O) groups is 2. The van der Waals surface area contributed by atoms with Crippen LogP contribution >= 0.6 is 23.1 Å². The second kappa shape index (κ2) is 6.58. The summed E-state index contributed by atoms with van der Waals surface area (Å²) in [6.45, 7) is 0. The summed E-state index contributed by atoms with van der Waals surface area (Å²) in [7, 11) is 0. The highest BCUT2D eigenvalue weighted by Crippen LogP contribution is 2.28. The molecule has 0 saturated heterocycles. The van der Waals surface area contributed by atoms with Crippen molar-refractivity contribution in [1.82, 2.24) is 25.6 Å². The van der Waals surface area contributed by atoms with Gasteiger partial charge in [0.05, 0.1) is 6.42 Å². The largest absolute Gasteiger partial charge is 0.290 e. The number of nitrogens with zero attached hydrogens (tertiary/aromatic N) is 4. The summed E-state index contributed by atoms with van der Waals surface area (Å²) in [6.07, 6.45) is -0.0621. The number of aromatic nitrogens is 5. The first-order valence-corrected chi connectivity index (χ1v) is 7.90. The van der Waals surface area contributed by atoms with Gasteiger partial charge in [-0.2, -0.15) is 5.21 Å². The maximum absolute atomic E-state index is 11.9. The van der Waals surface area contributed by atoms with Gasteiger partial charge in [0, 0.05) is 10.3 Å². The number of carbonyl (C=O) groups excluding carboxylic acids is 2. The van der Waals surface area contributed by atoms with Crippen molar-refractivity contribution in [2.45, 2.75) is 16.3 Å². The zero-order chi connectivity index (χ0) is 15.4. The van der Waals surface area contributed by atoms with Gasteiger partial charge >= 0.3 is 0 Å². The van der Waals surface area contributed by atoms with E-state index in [0.717, 1.165) is 9.92 Å². The van der Waals surface area contributed by atoms with Crippen LogP contribution in [0.3, 0.4) is 0 Å². The molecular weight excluding hydrogens is 322 g/mol. The van der Waals surface area contributed by atoms with E-state index in [1.165, 1.54) is 23.1 Å². The van der Waals surface area contributed by atoms with Crippen molar-refractivity contribution in [2.75, 3.05) is 0 Å². The number of aromatic amines is 1. The number of benzene rings is 1. The highest BCUT2D eigenvalue weighted by molar-refractivity contribution is 7.99. The first kappa shape index (κ1) is 14.5. The van der Waals surface area contributed by atoms with Crippen LogP contribution in [0.4, 0.5) is 0 Å². The molecule has 0 atom stereocenters. The van der Waals surface area contributed by atoms with Crippen molar-refractivity contribution in [2.24, 2.45) is 0 Å². The Morgan fingerprint density at radius 3 is 2.77 bits per heavy atom. The number of hydrogen-bond donors (Lipinski definition) is 1. The van der Waals surface area contributed by atoms with Crippen molar-refractivity contribution in [3.8, 4) is 0 Å². The maximum atomic E-state index is 11.9. The lowest BCUT2D eigenvalue weighted by molar-refractivity contribution is -0.114. The number of hydrogen-bond acceptors (Lipinski definition) is 8. The molecule has 3 aromatic rings. The van der Waals surface area contributed by atoms with Crippen molar-refractivity contribution in [3.05, 3.63) is 46.5 Å². The van der Waals surface area contributed by atoms with Gasteiger partial charge in [-0.1, -0.05) is 30.0 Å². The average molecular weight is 331 g/mol. The van der Waals surface area contributed by atoms with Gasteiger partial charge in [-0.05, 0) is 17.3 Å². The van der Waals surface area contributed by atoms with E-state index in [-0.39, 0.29) is 12.2 Å². The second-order valence-electron chi connectivity index (χ2n) is 4.16. The highest BCUT2D eigenvalue weighted by Gasteiger charge is 2.22. The van der Waals surface area contributed by atoms with Crippen LogP contribution in [0.15, 0.2) is 45.6 Å². The summed E-state index contributed by atoms with van der Waals surface area (Å²) in [4.78, 5) is 29.0. The molecule has 0 amide bonds. The van der Waals surface area contributed by atoms with Gasteiger partial charge in [0.2, 0.25) is 11.6 Å². The Balaban J connectivity index is 1.64. The van der Waals surface area contributed by atoms with E-state index in [9.17, 15) is 9.59 Å². The molecular formula is C13H9N5O2S2. The van der Waals surface area contributed by atoms with Gasteiger partial charge < -0.3 is 0 Å². The van der Waals surface area contributed by atoms with Crippen molar-refractivity contribution in [1.29, 1.82) is 0 Å². The van der Waals surface area contributed by atoms with Crippen LogP contribution in [-0.4, -0.2) is 37.2 Å². The topological polar surface area (TPSA) is 101 Å². The van der Waals surface area contributed by atoms with E-state index in [0.29, 0.717) is 5.01 Å². The lowest BCUT2D eigenvalue weighted by Gasteiger charge is -1.96. The molecule has 2 aromatic heterocycles. The Kier molecular flexibility index (Phi) is 4.35. The van der Waals surface area contributed by atoms with Crippen LogP contribution in [-0.2, 0) is 11.2 Å². The average Bonchev–Trinajstić information content (AvgIpc) is 3.19. The minimum Gasteiger partial charge on any atom is -0.290 e. The van der Waals surface area contributed by atoms with Gasteiger partial charge in [-0.15, -0.1) is 21.5 Å². The Labute approximate surface area is 133 Å². The Hall–Kier alpha value is -2.39. The third-order valence-electron chi connectivity index (χ3n) is 2.61. The van der Waals surface area contributed by atoms with E-state index in [4.69, 9.17) is 0 Å². The maximum Gasteiger partial charge on any atom is 0.269 e. The molecule has 0 bridgehead atoms. The zero-order valence-electron chi connectivity index (χ0n) is 11.1. The van der Waals surface area contributed by atoms with Crippen LogP contribution in [0.1, 0.15) is 15.6 Å². The number of Topliss-reactive ketones (excluding diaryl/α,β-unsaturated/α-hetero) is 2. The van der Waals surface area contributed by atoms with E-state index < -0.39 is 11.6 Å². The number of nitrogens with one attached hydrogen (secondary N) is 1. The fraction of sp³-hybridized carbons (Fsp3) is 0.0769. The molecule has 0 saturated carbocycles. The molecule has 2 heterocycles. The molecule has 0 fully saturated rings. The molecule has 22 heavy (non-hydrogen) atoms. The molecule has 0 radical (unpaired) electrons.